The average molecular weight is 197 g/mol. The fraction of sp³-hybridized carbons (Fsp3) is 1.00. The van der Waals surface area contributed by atoms with Crippen molar-refractivity contribution in [3.05, 3.63) is 0 Å². The van der Waals surface area contributed by atoms with Gasteiger partial charge in [-0.2, -0.15) is 0 Å². The van der Waals surface area contributed by atoms with Gasteiger partial charge in [-0.05, 0) is 39.0 Å². The van der Waals surface area contributed by atoms with Gasteiger partial charge in [0.25, 0.3) is 0 Å². The van der Waals surface area contributed by atoms with E-state index in [-0.39, 0.29) is 0 Å². The van der Waals surface area contributed by atoms with Crippen LogP contribution < -0.4 is 5.32 Å². The van der Waals surface area contributed by atoms with Crippen LogP contribution in [0.4, 0.5) is 0 Å². The quantitative estimate of drug-likeness (QED) is 0.730. The minimum atomic E-state index is 0.478. The van der Waals surface area contributed by atoms with Crippen molar-refractivity contribution in [1.82, 2.24) is 5.32 Å². The van der Waals surface area contributed by atoms with E-state index in [1.807, 2.05) is 0 Å². The van der Waals surface area contributed by atoms with Gasteiger partial charge in [-0.3, -0.25) is 0 Å². The minimum absolute atomic E-state index is 0.478. The van der Waals surface area contributed by atoms with Crippen molar-refractivity contribution in [3.8, 4) is 0 Å². The molecule has 0 radical (unpaired) electrons. The number of hydrogen-bond donors (Lipinski definition) is 1. The summed E-state index contributed by atoms with van der Waals surface area (Å²) in [6.07, 6.45) is 7.73. The minimum Gasteiger partial charge on any atom is -0.374 e. The van der Waals surface area contributed by atoms with Gasteiger partial charge >= 0.3 is 0 Å². The summed E-state index contributed by atoms with van der Waals surface area (Å²) in [4.78, 5) is 0. The maximum absolute atomic E-state index is 5.77. The summed E-state index contributed by atoms with van der Waals surface area (Å²) in [5.74, 6) is 1.03. The normalized spacial score (nSPS) is 34.7. The van der Waals surface area contributed by atoms with E-state index in [0.29, 0.717) is 18.2 Å². The van der Waals surface area contributed by atoms with Crippen LogP contribution in [0.1, 0.15) is 46.0 Å². The van der Waals surface area contributed by atoms with E-state index >= 15 is 0 Å². The Bertz CT molecular complexity index is 179. The van der Waals surface area contributed by atoms with Gasteiger partial charge in [0, 0.05) is 12.6 Å². The molecule has 0 spiro atoms. The van der Waals surface area contributed by atoms with Gasteiger partial charge in [-0.25, -0.2) is 0 Å². The molecule has 14 heavy (non-hydrogen) atoms. The molecule has 1 aliphatic heterocycles. The Balaban J connectivity index is 1.56. The van der Waals surface area contributed by atoms with Gasteiger partial charge in [0.2, 0.25) is 0 Å². The largest absolute Gasteiger partial charge is 0.374 e. The summed E-state index contributed by atoms with van der Waals surface area (Å²) >= 11 is 0. The third-order valence-corrected chi connectivity index (χ3v) is 3.40. The van der Waals surface area contributed by atoms with Crippen molar-refractivity contribution < 1.29 is 4.74 Å². The molecule has 0 aromatic heterocycles. The summed E-state index contributed by atoms with van der Waals surface area (Å²) in [5, 5.41) is 3.59. The van der Waals surface area contributed by atoms with Crippen molar-refractivity contribution in [2.24, 2.45) is 5.92 Å². The molecule has 2 fully saturated rings. The Morgan fingerprint density at radius 2 is 2.07 bits per heavy atom. The van der Waals surface area contributed by atoms with Gasteiger partial charge in [0.1, 0.15) is 0 Å². The molecule has 1 aliphatic carbocycles. The van der Waals surface area contributed by atoms with Gasteiger partial charge < -0.3 is 10.1 Å². The molecule has 1 saturated heterocycles. The fourth-order valence-corrected chi connectivity index (χ4v) is 2.30. The van der Waals surface area contributed by atoms with E-state index in [1.165, 1.54) is 32.1 Å². The zero-order valence-corrected chi connectivity index (χ0v) is 9.46. The molecular formula is C12H23NO. The van der Waals surface area contributed by atoms with Crippen LogP contribution in [-0.2, 0) is 4.74 Å². The Hall–Kier alpha value is -0.0800. The Kier molecular flexibility index (Phi) is 3.45. The molecular weight excluding hydrogens is 174 g/mol. The van der Waals surface area contributed by atoms with E-state index in [9.17, 15) is 0 Å². The highest BCUT2D eigenvalue weighted by Crippen LogP contribution is 2.33. The molecule has 1 heterocycles. The standard InChI is InChI=1S/C12H23NO/c1-9(7-11-4-5-11)13-8-12-6-3-10(2)14-12/h9-13H,3-8H2,1-2H3. The molecule has 0 bridgehead atoms. The van der Waals surface area contributed by atoms with Crippen molar-refractivity contribution in [2.75, 3.05) is 6.54 Å². The molecule has 2 rings (SSSR count). The van der Waals surface area contributed by atoms with Crippen LogP contribution >= 0.6 is 0 Å². The molecule has 1 N–H and O–H groups in total. The molecule has 0 amide bonds. The van der Waals surface area contributed by atoms with Gasteiger partial charge in [-0.1, -0.05) is 12.8 Å². The SMILES string of the molecule is CC(CC1CC1)NCC1CCC(C)O1. The number of ether oxygens (including phenoxy) is 1. The van der Waals surface area contributed by atoms with E-state index in [1.54, 1.807) is 0 Å². The predicted octanol–water partition coefficient (Wildman–Crippen LogP) is 2.33. The highest BCUT2D eigenvalue weighted by atomic mass is 16.5. The summed E-state index contributed by atoms with van der Waals surface area (Å²) in [5.41, 5.74) is 0. The van der Waals surface area contributed by atoms with Crippen LogP contribution in [0.2, 0.25) is 0 Å². The molecule has 3 atom stereocenters. The number of rotatable bonds is 5. The first-order chi connectivity index (χ1) is 6.74. The zero-order valence-electron chi connectivity index (χ0n) is 9.46. The van der Waals surface area contributed by atoms with Crippen molar-refractivity contribution in [3.63, 3.8) is 0 Å². The summed E-state index contributed by atoms with van der Waals surface area (Å²) in [6, 6.07) is 0.682. The average Bonchev–Trinajstić information content (AvgIpc) is 2.85. The lowest BCUT2D eigenvalue weighted by molar-refractivity contribution is 0.0544. The Morgan fingerprint density at radius 1 is 1.29 bits per heavy atom. The van der Waals surface area contributed by atoms with Crippen LogP contribution in [0.3, 0.4) is 0 Å². The Labute approximate surface area is 87.4 Å². The molecule has 1 saturated carbocycles. The second-order valence-corrected chi connectivity index (χ2v) is 5.13. The van der Waals surface area contributed by atoms with E-state index < -0.39 is 0 Å². The van der Waals surface area contributed by atoms with Crippen LogP contribution in [0.15, 0.2) is 0 Å². The zero-order chi connectivity index (χ0) is 9.97. The highest BCUT2D eigenvalue weighted by molar-refractivity contribution is 4.79. The topological polar surface area (TPSA) is 21.3 Å². The van der Waals surface area contributed by atoms with Crippen LogP contribution in [0.25, 0.3) is 0 Å². The lowest BCUT2D eigenvalue weighted by atomic mass is 10.1. The van der Waals surface area contributed by atoms with Crippen molar-refractivity contribution >= 4 is 0 Å². The van der Waals surface area contributed by atoms with Crippen LogP contribution in [-0.4, -0.2) is 24.8 Å². The third-order valence-electron chi connectivity index (χ3n) is 3.40. The monoisotopic (exact) mass is 197 g/mol. The highest BCUT2D eigenvalue weighted by Gasteiger charge is 2.25. The molecule has 0 aromatic rings. The lowest BCUT2D eigenvalue weighted by Crippen LogP contribution is -2.34. The molecule has 2 aliphatic rings. The van der Waals surface area contributed by atoms with Crippen LogP contribution in [0, 0.1) is 5.92 Å². The number of nitrogens with one attached hydrogen (secondary N) is 1. The smallest absolute Gasteiger partial charge is 0.0704 e. The van der Waals surface area contributed by atoms with Crippen molar-refractivity contribution in [2.45, 2.75) is 64.2 Å². The first-order valence-electron chi connectivity index (χ1n) is 6.13. The van der Waals surface area contributed by atoms with E-state index in [4.69, 9.17) is 4.74 Å². The fourth-order valence-electron chi connectivity index (χ4n) is 2.30. The first-order valence-corrected chi connectivity index (χ1v) is 6.13. The van der Waals surface area contributed by atoms with E-state index in [0.717, 1.165) is 12.5 Å². The Morgan fingerprint density at radius 3 is 2.64 bits per heavy atom. The van der Waals surface area contributed by atoms with Gasteiger partial charge in [0.05, 0.1) is 12.2 Å². The van der Waals surface area contributed by atoms with Gasteiger partial charge in [-0.15, -0.1) is 0 Å². The third kappa shape index (κ3) is 3.25. The molecule has 3 unspecified atom stereocenters. The van der Waals surface area contributed by atoms with Crippen LogP contribution in [0.5, 0.6) is 0 Å². The predicted molar refractivity (Wildman–Crippen MR) is 58.4 cm³/mol. The van der Waals surface area contributed by atoms with Crippen molar-refractivity contribution in [1.29, 1.82) is 0 Å². The number of hydrogen-bond acceptors (Lipinski definition) is 2. The summed E-state index contributed by atoms with van der Waals surface area (Å²) in [7, 11) is 0. The molecule has 0 aromatic carbocycles. The molecule has 2 nitrogen and oxygen atoms in total. The maximum Gasteiger partial charge on any atom is 0.0704 e. The molecule has 2 heteroatoms. The lowest BCUT2D eigenvalue weighted by Gasteiger charge is -2.17. The second kappa shape index (κ2) is 4.63. The second-order valence-electron chi connectivity index (χ2n) is 5.13. The summed E-state index contributed by atoms with van der Waals surface area (Å²) < 4.78 is 5.77. The first kappa shape index (κ1) is 10.4. The van der Waals surface area contributed by atoms with Gasteiger partial charge in [0.15, 0.2) is 0 Å². The van der Waals surface area contributed by atoms with E-state index in [2.05, 4.69) is 19.2 Å². The molecule has 82 valence electrons. The maximum atomic E-state index is 5.77. The summed E-state index contributed by atoms with van der Waals surface area (Å²) in [6.45, 7) is 5.53.